The van der Waals surface area contributed by atoms with Gasteiger partial charge < -0.3 is 10.6 Å². The van der Waals surface area contributed by atoms with Crippen LogP contribution in [0.1, 0.15) is 32.1 Å². The molecule has 1 aromatic carbocycles. The lowest BCUT2D eigenvalue weighted by atomic mass is 9.94. The lowest BCUT2D eigenvalue weighted by molar-refractivity contribution is 0.428. The fourth-order valence-electron chi connectivity index (χ4n) is 2.51. The van der Waals surface area contributed by atoms with Crippen LogP contribution in [0.25, 0.3) is 0 Å². The van der Waals surface area contributed by atoms with Crippen molar-refractivity contribution in [3.05, 3.63) is 24.0 Å². The number of anilines is 2. The first-order valence-electron chi connectivity index (χ1n) is 5.96. The van der Waals surface area contributed by atoms with Gasteiger partial charge in [0.15, 0.2) is 0 Å². The quantitative estimate of drug-likeness (QED) is 0.779. The molecule has 0 atom stereocenters. The van der Waals surface area contributed by atoms with Crippen molar-refractivity contribution in [2.45, 2.75) is 38.1 Å². The lowest BCUT2D eigenvalue weighted by Crippen LogP contribution is -2.33. The second-order valence-corrected chi connectivity index (χ2v) is 4.61. The number of halogens is 1. The van der Waals surface area contributed by atoms with Gasteiger partial charge in [0.25, 0.3) is 0 Å². The van der Waals surface area contributed by atoms with Crippen molar-refractivity contribution in [3.63, 3.8) is 0 Å². The highest BCUT2D eigenvalue weighted by molar-refractivity contribution is 5.67. The van der Waals surface area contributed by atoms with Gasteiger partial charge in [-0.2, -0.15) is 0 Å². The number of hydrogen-bond acceptors (Lipinski definition) is 2. The van der Waals surface area contributed by atoms with Gasteiger partial charge in [0.05, 0.1) is 11.4 Å². The molecule has 1 fully saturated rings. The average Bonchev–Trinajstić information content (AvgIpc) is 2.29. The van der Waals surface area contributed by atoms with Crippen molar-refractivity contribution < 1.29 is 4.39 Å². The van der Waals surface area contributed by atoms with Crippen LogP contribution in [-0.4, -0.2) is 13.1 Å². The highest BCUT2D eigenvalue weighted by Crippen LogP contribution is 2.29. The smallest absolute Gasteiger partial charge is 0.125 e. The Bertz CT molecular complexity index is 359. The third-order valence-electron chi connectivity index (χ3n) is 3.49. The summed E-state index contributed by atoms with van der Waals surface area (Å²) in [4.78, 5) is 2.20. The molecule has 1 aliphatic rings. The minimum atomic E-state index is -0.265. The van der Waals surface area contributed by atoms with Gasteiger partial charge in [0.2, 0.25) is 0 Å². The van der Waals surface area contributed by atoms with Crippen molar-refractivity contribution in [1.82, 2.24) is 0 Å². The SMILES string of the molecule is CN(c1ccc(F)cc1N)C1CCCCC1. The lowest BCUT2D eigenvalue weighted by Gasteiger charge is -2.33. The van der Waals surface area contributed by atoms with Crippen LogP contribution in [-0.2, 0) is 0 Å². The normalized spacial score (nSPS) is 17.4. The average molecular weight is 222 g/mol. The van der Waals surface area contributed by atoms with Crippen LogP contribution in [0, 0.1) is 5.82 Å². The van der Waals surface area contributed by atoms with Gasteiger partial charge in [-0.1, -0.05) is 19.3 Å². The van der Waals surface area contributed by atoms with Crippen molar-refractivity contribution in [2.75, 3.05) is 17.7 Å². The summed E-state index contributed by atoms with van der Waals surface area (Å²) in [5, 5.41) is 0. The van der Waals surface area contributed by atoms with E-state index in [4.69, 9.17) is 5.73 Å². The highest BCUT2D eigenvalue weighted by atomic mass is 19.1. The zero-order chi connectivity index (χ0) is 11.5. The molecule has 88 valence electrons. The zero-order valence-electron chi connectivity index (χ0n) is 9.75. The third kappa shape index (κ3) is 2.29. The van der Waals surface area contributed by atoms with Crippen molar-refractivity contribution in [2.24, 2.45) is 0 Å². The molecule has 0 bridgehead atoms. The van der Waals surface area contributed by atoms with Gasteiger partial charge in [0, 0.05) is 13.1 Å². The van der Waals surface area contributed by atoms with E-state index >= 15 is 0 Å². The fraction of sp³-hybridized carbons (Fsp3) is 0.538. The molecule has 0 aromatic heterocycles. The Morgan fingerprint density at radius 2 is 1.94 bits per heavy atom. The Morgan fingerprint density at radius 3 is 2.56 bits per heavy atom. The number of benzene rings is 1. The van der Waals surface area contributed by atoms with Gasteiger partial charge in [-0.15, -0.1) is 0 Å². The predicted molar refractivity (Wildman–Crippen MR) is 66.1 cm³/mol. The van der Waals surface area contributed by atoms with Gasteiger partial charge in [-0.25, -0.2) is 4.39 Å². The summed E-state index contributed by atoms with van der Waals surface area (Å²) in [7, 11) is 2.06. The second-order valence-electron chi connectivity index (χ2n) is 4.61. The Kier molecular flexibility index (Phi) is 3.32. The molecule has 0 radical (unpaired) electrons. The van der Waals surface area contributed by atoms with Crippen molar-refractivity contribution >= 4 is 11.4 Å². The molecule has 0 aliphatic heterocycles. The van der Waals surface area contributed by atoms with Crippen LogP contribution in [0.3, 0.4) is 0 Å². The summed E-state index contributed by atoms with van der Waals surface area (Å²) in [5.74, 6) is -0.265. The van der Waals surface area contributed by atoms with E-state index in [-0.39, 0.29) is 5.82 Å². The summed E-state index contributed by atoms with van der Waals surface area (Å²) in [5.41, 5.74) is 7.33. The van der Waals surface area contributed by atoms with Crippen LogP contribution in [0.2, 0.25) is 0 Å². The highest BCUT2D eigenvalue weighted by Gasteiger charge is 2.19. The molecule has 0 heterocycles. The standard InChI is InChI=1S/C13H19FN2/c1-16(11-5-3-2-4-6-11)13-8-7-10(14)9-12(13)15/h7-9,11H,2-6,15H2,1H3. The number of hydrogen-bond donors (Lipinski definition) is 1. The minimum absolute atomic E-state index is 0.265. The Labute approximate surface area is 96.2 Å². The Balaban J connectivity index is 2.15. The molecule has 16 heavy (non-hydrogen) atoms. The number of nitrogen functional groups attached to an aromatic ring is 1. The molecule has 2 N–H and O–H groups in total. The Hall–Kier alpha value is -1.25. The molecular weight excluding hydrogens is 203 g/mol. The van der Waals surface area contributed by atoms with Gasteiger partial charge in [-0.05, 0) is 31.0 Å². The van der Waals surface area contributed by atoms with E-state index in [1.807, 2.05) is 0 Å². The van der Waals surface area contributed by atoms with E-state index in [9.17, 15) is 4.39 Å². The number of nitrogens with two attached hydrogens (primary N) is 1. The van der Waals surface area contributed by atoms with Crippen LogP contribution in [0.5, 0.6) is 0 Å². The summed E-state index contributed by atoms with van der Waals surface area (Å²) >= 11 is 0. The fourth-order valence-corrected chi connectivity index (χ4v) is 2.51. The van der Waals surface area contributed by atoms with Gasteiger partial charge >= 0.3 is 0 Å². The molecule has 0 spiro atoms. The van der Waals surface area contributed by atoms with E-state index < -0.39 is 0 Å². The minimum Gasteiger partial charge on any atom is -0.397 e. The Morgan fingerprint density at radius 1 is 1.25 bits per heavy atom. The summed E-state index contributed by atoms with van der Waals surface area (Å²) in [6.07, 6.45) is 6.34. The van der Waals surface area contributed by atoms with E-state index in [2.05, 4.69) is 11.9 Å². The van der Waals surface area contributed by atoms with Gasteiger partial charge in [0.1, 0.15) is 5.82 Å². The molecule has 2 nitrogen and oxygen atoms in total. The molecule has 1 aliphatic carbocycles. The largest absolute Gasteiger partial charge is 0.397 e. The van der Waals surface area contributed by atoms with E-state index in [1.165, 1.54) is 44.2 Å². The van der Waals surface area contributed by atoms with Crippen LogP contribution in [0.4, 0.5) is 15.8 Å². The monoisotopic (exact) mass is 222 g/mol. The zero-order valence-corrected chi connectivity index (χ0v) is 9.75. The molecule has 3 heteroatoms. The molecular formula is C13H19FN2. The third-order valence-corrected chi connectivity index (χ3v) is 3.49. The molecule has 0 unspecified atom stereocenters. The first-order chi connectivity index (χ1) is 7.68. The van der Waals surface area contributed by atoms with Crippen molar-refractivity contribution in [3.8, 4) is 0 Å². The first kappa shape index (κ1) is 11.2. The van der Waals surface area contributed by atoms with Crippen LogP contribution < -0.4 is 10.6 Å². The molecule has 2 rings (SSSR count). The maximum atomic E-state index is 13.0. The summed E-state index contributed by atoms with van der Waals surface area (Å²) < 4.78 is 13.0. The van der Waals surface area contributed by atoms with E-state index in [0.29, 0.717) is 11.7 Å². The second kappa shape index (κ2) is 4.73. The molecule has 0 amide bonds. The molecule has 1 aromatic rings. The van der Waals surface area contributed by atoms with Crippen LogP contribution >= 0.6 is 0 Å². The summed E-state index contributed by atoms with van der Waals surface area (Å²) in [6, 6.07) is 5.21. The van der Waals surface area contributed by atoms with Gasteiger partial charge in [-0.3, -0.25) is 0 Å². The molecule has 0 saturated heterocycles. The first-order valence-corrected chi connectivity index (χ1v) is 5.96. The van der Waals surface area contributed by atoms with Crippen molar-refractivity contribution in [1.29, 1.82) is 0 Å². The number of nitrogens with zero attached hydrogens (tertiary/aromatic N) is 1. The van der Waals surface area contributed by atoms with E-state index in [0.717, 1.165) is 5.69 Å². The topological polar surface area (TPSA) is 29.3 Å². The van der Waals surface area contributed by atoms with Crippen LogP contribution in [0.15, 0.2) is 18.2 Å². The maximum absolute atomic E-state index is 13.0. The number of rotatable bonds is 2. The molecule has 1 saturated carbocycles. The summed E-state index contributed by atoms with van der Waals surface area (Å²) in [6.45, 7) is 0. The maximum Gasteiger partial charge on any atom is 0.125 e. The van der Waals surface area contributed by atoms with E-state index in [1.54, 1.807) is 6.07 Å². The predicted octanol–water partition coefficient (Wildman–Crippen LogP) is 3.18.